The molecular weight excluding hydrogens is 210 g/mol. The van der Waals surface area contributed by atoms with E-state index in [1.807, 2.05) is 0 Å². The molecule has 2 N–H and O–H groups in total. The summed E-state index contributed by atoms with van der Waals surface area (Å²) in [6, 6.07) is 0.621. The Morgan fingerprint density at radius 2 is 1.88 bits per heavy atom. The van der Waals surface area contributed by atoms with Gasteiger partial charge in [0.25, 0.3) is 0 Å². The average molecular weight is 239 g/mol. The van der Waals surface area contributed by atoms with Gasteiger partial charge in [0.15, 0.2) is 5.96 Å². The molecule has 0 amide bonds. The molecule has 0 radical (unpaired) electrons. The van der Waals surface area contributed by atoms with Crippen molar-refractivity contribution in [3.05, 3.63) is 0 Å². The first kappa shape index (κ1) is 14.3. The lowest BCUT2D eigenvalue weighted by Crippen LogP contribution is -2.44. The van der Waals surface area contributed by atoms with Crippen molar-refractivity contribution in [2.45, 2.75) is 59.4 Å². The molecule has 1 fully saturated rings. The molecule has 0 aliphatic heterocycles. The minimum absolute atomic E-state index is 0.621. The van der Waals surface area contributed by atoms with Gasteiger partial charge in [-0.05, 0) is 44.4 Å². The molecule has 17 heavy (non-hydrogen) atoms. The molecule has 0 heterocycles. The summed E-state index contributed by atoms with van der Waals surface area (Å²) in [5.74, 6) is 2.53. The molecule has 1 rings (SSSR count). The van der Waals surface area contributed by atoms with E-state index >= 15 is 0 Å². The Morgan fingerprint density at radius 3 is 2.41 bits per heavy atom. The van der Waals surface area contributed by atoms with Crippen molar-refractivity contribution in [1.82, 2.24) is 10.6 Å². The second kappa shape index (κ2) is 7.57. The monoisotopic (exact) mass is 239 g/mol. The van der Waals surface area contributed by atoms with Gasteiger partial charge >= 0.3 is 0 Å². The summed E-state index contributed by atoms with van der Waals surface area (Å²) < 4.78 is 0. The van der Waals surface area contributed by atoms with Crippen LogP contribution in [0.5, 0.6) is 0 Å². The van der Waals surface area contributed by atoms with E-state index in [4.69, 9.17) is 0 Å². The van der Waals surface area contributed by atoms with Crippen molar-refractivity contribution in [3.8, 4) is 0 Å². The normalized spacial score (nSPS) is 26.1. The molecule has 0 saturated heterocycles. The van der Waals surface area contributed by atoms with Crippen LogP contribution in [0.1, 0.15) is 53.4 Å². The summed E-state index contributed by atoms with van der Waals surface area (Å²) >= 11 is 0. The van der Waals surface area contributed by atoms with Crippen LogP contribution in [0.4, 0.5) is 0 Å². The highest BCUT2D eigenvalue weighted by Crippen LogP contribution is 2.23. The average Bonchev–Trinajstić information content (AvgIpc) is 2.29. The van der Waals surface area contributed by atoms with E-state index in [-0.39, 0.29) is 0 Å². The summed E-state index contributed by atoms with van der Waals surface area (Å²) in [6.07, 6.45) is 5.27. The van der Waals surface area contributed by atoms with Crippen LogP contribution < -0.4 is 10.6 Å². The first-order valence-corrected chi connectivity index (χ1v) is 7.16. The van der Waals surface area contributed by atoms with E-state index in [1.165, 1.54) is 25.7 Å². The first-order chi connectivity index (χ1) is 8.11. The van der Waals surface area contributed by atoms with E-state index < -0.39 is 0 Å². The molecule has 0 aromatic heterocycles. The van der Waals surface area contributed by atoms with Gasteiger partial charge in [-0.2, -0.15) is 0 Å². The number of guanidine groups is 1. The van der Waals surface area contributed by atoms with Gasteiger partial charge in [-0.3, -0.25) is 4.99 Å². The smallest absolute Gasteiger partial charge is 0.191 e. The molecule has 0 aromatic rings. The molecule has 0 unspecified atom stereocenters. The van der Waals surface area contributed by atoms with Gasteiger partial charge in [-0.25, -0.2) is 0 Å². The third-order valence-corrected chi connectivity index (χ3v) is 3.32. The standard InChI is InChI=1S/C14H29N3/c1-5-15-14(16-10-11(2)3)17-13-8-6-12(4)7-9-13/h11-13H,5-10H2,1-4H3,(H2,15,16,17). The molecule has 100 valence electrons. The van der Waals surface area contributed by atoms with Crippen molar-refractivity contribution >= 4 is 5.96 Å². The van der Waals surface area contributed by atoms with E-state index in [1.54, 1.807) is 0 Å². The fourth-order valence-corrected chi connectivity index (χ4v) is 2.19. The molecule has 3 nitrogen and oxygen atoms in total. The van der Waals surface area contributed by atoms with Crippen LogP contribution in [0.2, 0.25) is 0 Å². The SMILES string of the molecule is CCNC(=NCC(C)C)NC1CCC(C)CC1. The molecule has 1 aliphatic rings. The summed E-state index contributed by atoms with van der Waals surface area (Å²) in [4.78, 5) is 4.62. The van der Waals surface area contributed by atoms with Crippen molar-refractivity contribution in [1.29, 1.82) is 0 Å². The van der Waals surface area contributed by atoms with Gasteiger partial charge in [-0.1, -0.05) is 20.8 Å². The maximum Gasteiger partial charge on any atom is 0.191 e. The Kier molecular flexibility index (Phi) is 6.38. The molecule has 0 atom stereocenters. The summed E-state index contributed by atoms with van der Waals surface area (Å²) in [5.41, 5.74) is 0. The molecule has 0 bridgehead atoms. The second-order valence-electron chi connectivity index (χ2n) is 5.71. The Morgan fingerprint density at radius 1 is 1.24 bits per heavy atom. The van der Waals surface area contributed by atoms with Gasteiger partial charge in [0.2, 0.25) is 0 Å². The van der Waals surface area contributed by atoms with Gasteiger partial charge in [0.1, 0.15) is 0 Å². The Labute approximate surface area is 106 Å². The third-order valence-electron chi connectivity index (χ3n) is 3.32. The van der Waals surface area contributed by atoms with Crippen molar-refractivity contribution < 1.29 is 0 Å². The predicted molar refractivity (Wildman–Crippen MR) is 75.4 cm³/mol. The van der Waals surface area contributed by atoms with Gasteiger partial charge < -0.3 is 10.6 Å². The number of nitrogens with zero attached hydrogens (tertiary/aromatic N) is 1. The van der Waals surface area contributed by atoms with Crippen LogP contribution in [0.3, 0.4) is 0 Å². The lowest BCUT2D eigenvalue weighted by molar-refractivity contribution is 0.329. The first-order valence-electron chi connectivity index (χ1n) is 7.16. The lowest BCUT2D eigenvalue weighted by atomic mass is 9.87. The van der Waals surface area contributed by atoms with Crippen molar-refractivity contribution in [2.75, 3.05) is 13.1 Å². The van der Waals surface area contributed by atoms with Gasteiger partial charge in [0, 0.05) is 19.1 Å². The topological polar surface area (TPSA) is 36.4 Å². The van der Waals surface area contributed by atoms with Gasteiger partial charge in [0.05, 0.1) is 0 Å². The fourth-order valence-electron chi connectivity index (χ4n) is 2.19. The summed E-state index contributed by atoms with van der Waals surface area (Å²) in [5, 5.41) is 6.91. The van der Waals surface area contributed by atoms with Crippen LogP contribution >= 0.6 is 0 Å². The molecule has 3 heteroatoms. The van der Waals surface area contributed by atoms with Gasteiger partial charge in [-0.15, -0.1) is 0 Å². The zero-order chi connectivity index (χ0) is 12.7. The molecular formula is C14H29N3. The zero-order valence-corrected chi connectivity index (χ0v) is 11.9. The highest BCUT2D eigenvalue weighted by molar-refractivity contribution is 5.80. The maximum atomic E-state index is 4.62. The highest BCUT2D eigenvalue weighted by atomic mass is 15.2. The van der Waals surface area contributed by atoms with E-state index in [0.717, 1.165) is 25.0 Å². The van der Waals surface area contributed by atoms with E-state index in [2.05, 4.69) is 43.3 Å². The molecule has 1 aliphatic carbocycles. The number of hydrogen-bond acceptors (Lipinski definition) is 1. The van der Waals surface area contributed by atoms with Crippen molar-refractivity contribution in [3.63, 3.8) is 0 Å². The summed E-state index contributed by atoms with van der Waals surface area (Å²) in [7, 11) is 0. The van der Waals surface area contributed by atoms with Crippen LogP contribution in [-0.4, -0.2) is 25.1 Å². The largest absolute Gasteiger partial charge is 0.357 e. The quantitative estimate of drug-likeness (QED) is 0.584. The molecule has 0 aromatic carbocycles. The Hall–Kier alpha value is -0.730. The highest BCUT2D eigenvalue weighted by Gasteiger charge is 2.18. The summed E-state index contributed by atoms with van der Waals surface area (Å²) in [6.45, 7) is 10.7. The van der Waals surface area contributed by atoms with E-state index in [0.29, 0.717) is 12.0 Å². The zero-order valence-electron chi connectivity index (χ0n) is 11.9. The maximum absolute atomic E-state index is 4.62. The van der Waals surface area contributed by atoms with E-state index in [9.17, 15) is 0 Å². The fraction of sp³-hybridized carbons (Fsp3) is 0.929. The number of hydrogen-bond donors (Lipinski definition) is 2. The second-order valence-corrected chi connectivity index (χ2v) is 5.71. The van der Waals surface area contributed by atoms with Crippen LogP contribution in [0, 0.1) is 11.8 Å². The number of aliphatic imine (C=N–C) groups is 1. The van der Waals surface area contributed by atoms with Crippen LogP contribution in [-0.2, 0) is 0 Å². The van der Waals surface area contributed by atoms with Crippen molar-refractivity contribution in [2.24, 2.45) is 16.8 Å². The number of nitrogens with one attached hydrogen (secondary N) is 2. The lowest BCUT2D eigenvalue weighted by Gasteiger charge is -2.28. The number of rotatable bonds is 4. The minimum Gasteiger partial charge on any atom is -0.357 e. The Balaban J connectivity index is 2.40. The minimum atomic E-state index is 0.621. The van der Waals surface area contributed by atoms with Crippen LogP contribution in [0.15, 0.2) is 4.99 Å². The predicted octanol–water partition coefficient (Wildman–Crippen LogP) is 2.78. The molecule has 0 spiro atoms. The third kappa shape index (κ3) is 5.94. The van der Waals surface area contributed by atoms with Crippen LogP contribution in [0.25, 0.3) is 0 Å². The Bertz CT molecular complexity index is 228. The molecule has 1 saturated carbocycles.